The Morgan fingerprint density at radius 2 is 1.53 bits per heavy atom. The SMILES string of the molecule is C/C=C/COc1cc(C)c(OCCCCOc2cccc(OCC(C)=NOC)c2)c(C)c1. The maximum atomic E-state index is 6.03. The van der Waals surface area contributed by atoms with Crippen LogP contribution in [0.25, 0.3) is 0 Å². The second-order valence-corrected chi connectivity index (χ2v) is 7.44. The van der Waals surface area contributed by atoms with E-state index in [9.17, 15) is 0 Å². The third kappa shape index (κ3) is 8.92. The van der Waals surface area contributed by atoms with Crippen molar-refractivity contribution in [1.29, 1.82) is 0 Å². The van der Waals surface area contributed by atoms with Crippen molar-refractivity contribution < 1.29 is 23.8 Å². The molecule has 0 aliphatic carbocycles. The molecule has 0 bridgehead atoms. The fourth-order valence-corrected chi connectivity index (χ4v) is 3.05. The van der Waals surface area contributed by atoms with Gasteiger partial charge in [-0.05, 0) is 75.9 Å². The van der Waals surface area contributed by atoms with Crippen molar-refractivity contribution in [3.8, 4) is 23.0 Å². The summed E-state index contributed by atoms with van der Waals surface area (Å²) in [6.07, 6.45) is 5.76. The van der Waals surface area contributed by atoms with Crippen LogP contribution >= 0.6 is 0 Å². The topological polar surface area (TPSA) is 58.5 Å². The highest BCUT2D eigenvalue weighted by Gasteiger charge is 2.07. The Labute approximate surface area is 191 Å². The van der Waals surface area contributed by atoms with Gasteiger partial charge in [0.25, 0.3) is 0 Å². The normalized spacial score (nSPS) is 11.5. The molecule has 0 unspecified atom stereocenters. The Hall–Kier alpha value is -3.15. The monoisotopic (exact) mass is 441 g/mol. The molecule has 0 aromatic heterocycles. The summed E-state index contributed by atoms with van der Waals surface area (Å²) in [6.45, 7) is 10.1. The first-order chi connectivity index (χ1) is 15.5. The van der Waals surface area contributed by atoms with Crippen LogP contribution in [0.5, 0.6) is 23.0 Å². The molecule has 32 heavy (non-hydrogen) atoms. The molecule has 0 atom stereocenters. The fraction of sp³-hybridized carbons (Fsp3) is 0.423. The smallest absolute Gasteiger partial charge is 0.129 e. The van der Waals surface area contributed by atoms with Crippen molar-refractivity contribution in [2.24, 2.45) is 5.16 Å². The lowest BCUT2D eigenvalue weighted by Gasteiger charge is -2.14. The molecule has 6 nitrogen and oxygen atoms in total. The van der Waals surface area contributed by atoms with E-state index in [-0.39, 0.29) is 0 Å². The molecule has 6 heteroatoms. The molecule has 0 saturated heterocycles. The molecule has 2 rings (SSSR count). The van der Waals surface area contributed by atoms with Crippen molar-refractivity contribution in [1.82, 2.24) is 0 Å². The molecule has 0 fully saturated rings. The maximum absolute atomic E-state index is 6.03. The van der Waals surface area contributed by atoms with Gasteiger partial charge in [-0.1, -0.05) is 23.4 Å². The van der Waals surface area contributed by atoms with E-state index >= 15 is 0 Å². The zero-order valence-corrected chi connectivity index (χ0v) is 19.8. The molecule has 0 saturated carbocycles. The van der Waals surface area contributed by atoms with Crippen molar-refractivity contribution >= 4 is 5.71 Å². The molecule has 0 N–H and O–H groups in total. The second kappa shape index (κ2) is 14.0. The average Bonchev–Trinajstić information content (AvgIpc) is 2.77. The highest BCUT2D eigenvalue weighted by Crippen LogP contribution is 2.28. The third-order valence-electron chi connectivity index (χ3n) is 4.57. The Morgan fingerprint density at radius 3 is 2.19 bits per heavy atom. The standard InChI is InChI=1S/C26H35NO5/c1-6-7-13-30-25-16-20(2)26(21(3)17-25)31-15-9-8-14-29-23-11-10-12-24(18-23)32-19-22(4)27-28-5/h6-7,10-12,16-18H,8-9,13-15,19H2,1-5H3/b7-6+,27-22?. The van der Waals surface area contributed by atoms with Gasteiger partial charge in [0.2, 0.25) is 0 Å². The molecule has 2 aromatic carbocycles. The van der Waals surface area contributed by atoms with Crippen LogP contribution in [-0.4, -0.2) is 39.2 Å². The van der Waals surface area contributed by atoms with E-state index in [0.717, 1.165) is 52.7 Å². The summed E-state index contributed by atoms with van der Waals surface area (Å²) in [5, 5.41) is 3.83. The lowest BCUT2D eigenvalue weighted by Crippen LogP contribution is -2.08. The number of hydrogen-bond donors (Lipinski definition) is 0. The Kier molecular flexibility index (Phi) is 11.0. The Morgan fingerprint density at radius 1 is 0.875 bits per heavy atom. The summed E-state index contributed by atoms with van der Waals surface area (Å²) in [5.74, 6) is 3.32. The van der Waals surface area contributed by atoms with Crippen LogP contribution in [0.15, 0.2) is 53.7 Å². The van der Waals surface area contributed by atoms with Crippen LogP contribution in [-0.2, 0) is 4.84 Å². The number of rotatable bonds is 14. The van der Waals surface area contributed by atoms with Gasteiger partial charge >= 0.3 is 0 Å². The number of nitrogens with zero attached hydrogens (tertiary/aromatic N) is 1. The molecule has 0 heterocycles. The van der Waals surface area contributed by atoms with Crippen LogP contribution in [0.1, 0.15) is 37.8 Å². The van der Waals surface area contributed by atoms with E-state index in [1.54, 1.807) is 0 Å². The van der Waals surface area contributed by atoms with Gasteiger partial charge in [0.15, 0.2) is 0 Å². The lowest BCUT2D eigenvalue weighted by atomic mass is 10.1. The van der Waals surface area contributed by atoms with E-state index in [1.807, 2.05) is 76.2 Å². The van der Waals surface area contributed by atoms with E-state index in [1.165, 1.54) is 7.11 Å². The number of unbranched alkanes of at least 4 members (excludes halogenated alkanes) is 1. The average molecular weight is 442 g/mol. The van der Waals surface area contributed by atoms with Gasteiger partial charge in [0.1, 0.15) is 43.3 Å². The zero-order chi connectivity index (χ0) is 23.2. The molecule has 174 valence electrons. The maximum Gasteiger partial charge on any atom is 0.129 e. The van der Waals surface area contributed by atoms with Crippen molar-refractivity contribution in [3.63, 3.8) is 0 Å². The number of oxime groups is 1. The third-order valence-corrected chi connectivity index (χ3v) is 4.57. The first-order valence-corrected chi connectivity index (χ1v) is 10.9. The Bertz CT molecular complexity index is 869. The van der Waals surface area contributed by atoms with Crippen LogP contribution in [0.3, 0.4) is 0 Å². The number of benzene rings is 2. The summed E-state index contributed by atoms with van der Waals surface area (Å²) in [6, 6.07) is 11.6. The fourth-order valence-electron chi connectivity index (χ4n) is 3.05. The van der Waals surface area contributed by atoms with Gasteiger partial charge in [-0.25, -0.2) is 0 Å². The number of aryl methyl sites for hydroxylation is 2. The van der Waals surface area contributed by atoms with Crippen LogP contribution < -0.4 is 18.9 Å². The van der Waals surface area contributed by atoms with E-state index in [4.69, 9.17) is 23.8 Å². The number of ether oxygens (including phenoxy) is 4. The largest absolute Gasteiger partial charge is 0.493 e. The molecule has 0 spiro atoms. The summed E-state index contributed by atoms with van der Waals surface area (Å²) in [4.78, 5) is 4.73. The summed E-state index contributed by atoms with van der Waals surface area (Å²) in [7, 11) is 1.52. The summed E-state index contributed by atoms with van der Waals surface area (Å²) in [5.41, 5.74) is 2.93. The van der Waals surface area contributed by atoms with E-state index in [2.05, 4.69) is 5.16 Å². The van der Waals surface area contributed by atoms with Gasteiger partial charge in [-0.2, -0.15) is 0 Å². The molecule has 2 aromatic rings. The zero-order valence-electron chi connectivity index (χ0n) is 19.8. The summed E-state index contributed by atoms with van der Waals surface area (Å²) < 4.78 is 23.3. The molecule has 0 radical (unpaired) electrons. The Balaban J connectivity index is 1.71. The highest BCUT2D eigenvalue weighted by molar-refractivity contribution is 5.82. The van der Waals surface area contributed by atoms with Crippen LogP contribution in [0.2, 0.25) is 0 Å². The quantitative estimate of drug-likeness (QED) is 0.158. The van der Waals surface area contributed by atoms with Crippen molar-refractivity contribution in [2.45, 2.75) is 40.5 Å². The van der Waals surface area contributed by atoms with Crippen LogP contribution in [0.4, 0.5) is 0 Å². The van der Waals surface area contributed by atoms with Crippen LogP contribution in [0, 0.1) is 13.8 Å². The summed E-state index contributed by atoms with van der Waals surface area (Å²) >= 11 is 0. The van der Waals surface area contributed by atoms with Crippen molar-refractivity contribution in [2.75, 3.05) is 33.5 Å². The minimum Gasteiger partial charge on any atom is -0.493 e. The van der Waals surface area contributed by atoms with E-state index in [0.29, 0.717) is 26.4 Å². The van der Waals surface area contributed by atoms with E-state index < -0.39 is 0 Å². The molecular weight excluding hydrogens is 406 g/mol. The van der Waals surface area contributed by atoms with Gasteiger partial charge in [0, 0.05) is 6.07 Å². The molecule has 0 amide bonds. The second-order valence-electron chi connectivity index (χ2n) is 7.44. The molecule has 0 aliphatic heterocycles. The van der Waals surface area contributed by atoms with Gasteiger partial charge in [-0.3, -0.25) is 0 Å². The first kappa shape index (κ1) is 25.1. The predicted octanol–water partition coefficient (Wildman–Crippen LogP) is 5.90. The first-order valence-electron chi connectivity index (χ1n) is 10.9. The van der Waals surface area contributed by atoms with Gasteiger partial charge in [0.05, 0.1) is 18.9 Å². The minimum absolute atomic E-state index is 0.371. The predicted molar refractivity (Wildman–Crippen MR) is 129 cm³/mol. The number of allylic oxidation sites excluding steroid dienone is 1. The molecular formula is C26H35NO5. The minimum atomic E-state index is 0.371. The molecule has 0 aliphatic rings. The van der Waals surface area contributed by atoms with Gasteiger partial charge < -0.3 is 23.8 Å². The van der Waals surface area contributed by atoms with Crippen molar-refractivity contribution in [3.05, 3.63) is 59.7 Å². The number of hydrogen-bond acceptors (Lipinski definition) is 6. The lowest BCUT2D eigenvalue weighted by molar-refractivity contribution is 0.209. The highest BCUT2D eigenvalue weighted by atomic mass is 16.6. The van der Waals surface area contributed by atoms with Gasteiger partial charge in [-0.15, -0.1) is 0 Å².